The van der Waals surface area contributed by atoms with Gasteiger partial charge in [-0.1, -0.05) is 0 Å². The first-order valence-corrected chi connectivity index (χ1v) is 11.6. The summed E-state index contributed by atoms with van der Waals surface area (Å²) in [5, 5.41) is 0. The summed E-state index contributed by atoms with van der Waals surface area (Å²) in [5.41, 5.74) is 17.5. The predicted molar refractivity (Wildman–Crippen MR) is 152 cm³/mol. The Labute approximate surface area is 218 Å². The lowest BCUT2D eigenvalue weighted by molar-refractivity contribution is 1.12. The van der Waals surface area contributed by atoms with E-state index in [1.807, 2.05) is 50.2 Å². The van der Waals surface area contributed by atoms with Crippen LogP contribution in [0.2, 0.25) is 0 Å². The van der Waals surface area contributed by atoms with E-state index in [2.05, 4.69) is 32.1 Å². The minimum atomic E-state index is 0. The molecule has 0 amide bonds. The molecule has 35 heavy (non-hydrogen) atoms. The first-order valence-electron chi connectivity index (χ1n) is 10.8. The number of H-pyrrole nitrogens is 2. The van der Waals surface area contributed by atoms with E-state index in [0.717, 1.165) is 54.6 Å². The van der Waals surface area contributed by atoms with Crippen molar-refractivity contribution >= 4 is 69.9 Å². The molecule has 11 heteroatoms. The lowest BCUT2D eigenvalue weighted by Gasteiger charge is -1.99. The molecular formula is C24H26Cl2N8S. The number of benzene rings is 2. The SMILES string of the molecule is CCN=C(N)c1ccc2nc(-c3ccc(-c4nc5ccc(C(N)=NCC)cc5[nH]4)s3)[nH]c2c1.Cl.Cl. The van der Waals surface area contributed by atoms with Gasteiger partial charge in [0.25, 0.3) is 0 Å². The van der Waals surface area contributed by atoms with E-state index < -0.39 is 0 Å². The van der Waals surface area contributed by atoms with Crippen molar-refractivity contribution in [2.24, 2.45) is 21.5 Å². The molecular weight excluding hydrogens is 503 g/mol. The number of nitrogens with two attached hydrogens (primary N) is 2. The van der Waals surface area contributed by atoms with Crippen LogP contribution in [0.1, 0.15) is 25.0 Å². The van der Waals surface area contributed by atoms with Crippen molar-refractivity contribution in [3.05, 3.63) is 59.7 Å². The van der Waals surface area contributed by atoms with E-state index in [1.54, 1.807) is 11.3 Å². The van der Waals surface area contributed by atoms with Crippen LogP contribution in [0.3, 0.4) is 0 Å². The van der Waals surface area contributed by atoms with E-state index in [4.69, 9.17) is 21.4 Å². The molecule has 0 fully saturated rings. The number of nitrogens with one attached hydrogen (secondary N) is 2. The monoisotopic (exact) mass is 528 g/mol. The molecule has 2 aromatic carbocycles. The third kappa shape index (κ3) is 5.17. The first-order chi connectivity index (χ1) is 16.1. The summed E-state index contributed by atoms with van der Waals surface area (Å²) < 4.78 is 0. The fourth-order valence-corrected chi connectivity index (χ4v) is 4.58. The van der Waals surface area contributed by atoms with Gasteiger partial charge in [-0.05, 0) is 62.4 Å². The van der Waals surface area contributed by atoms with Crippen LogP contribution in [0.4, 0.5) is 0 Å². The molecule has 0 saturated heterocycles. The highest BCUT2D eigenvalue weighted by atomic mass is 35.5. The average Bonchev–Trinajstić information content (AvgIpc) is 3.55. The highest BCUT2D eigenvalue weighted by molar-refractivity contribution is 7.18. The maximum absolute atomic E-state index is 6.05. The molecule has 5 rings (SSSR count). The van der Waals surface area contributed by atoms with Gasteiger partial charge in [0.05, 0.1) is 31.8 Å². The van der Waals surface area contributed by atoms with Gasteiger partial charge < -0.3 is 21.4 Å². The van der Waals surface area contributed by atoms with Crippen LogP contribution in [0.25, 0.3) is 43.5 Å². The molecule has 0 spiro atoms. The number of imidazole rings is 2. The van der Waals surface area contributed by atoms with E-state index in [9.17, 15) is 0 Å². The lowest BCUT2D eigenvalue weighted by atomic mass is 10.2. The average molecular weight is 530 g/mol. The van der Waals surface area contributed by atoms with Gasteiger partial charge in [0.1, 0.15) is 23.3 Å². The highest BCUT2D eigenvalue weighted by Crippen LogP contribution is 2.33. The molecule has 0 unspecified atom stereocenters. The minimum absolute atomic E-state index is 0. The van der Waals surface area contributed by atoms with Crippen LogP contribution in [-0.4, -0.2) is 44.7 Å². The third-order valence-electron chi connectivity index (χ3n) is 5.28. The Morgan fingerprint density at radius 2 is 1.17 bits per heavy atom. The second kappa shape index (κ2) is 10.9. The Morgan fingerprint density at radius 1 is 0.743 bits per heavy atom. The smallest absolute Gasteiger partial charge is 0.148 e. The van der Waals surface area contributed by atoms with Crippen LogP contribution in [-0.2, 0) is 0 Å². The fraction of sp³-hybridized carbons (Fsp3) is 0.167. The number of amidine groups is 2. The predicted octanol–water partition coefficient (Wildman–Crippen LogP) is 5.13. The molecule has 0 radical (unpaired) electrons. The molecule has 3 heterocycles. The molecule has 0 aliphatic carbocycles. The zero-order valence-electron chi connectivity index (χ0n) is 19.2. The Hall–Kier alpha value is -3.40. The third-order valence-corrected chi connectivity index (χ3v) is 6.38. The number of rotatable bonds is 6. The molecule has 8 nitrogen and oxygen atoms in total. The summed E-state index contributed by atoms with van der Waals surface area (Å²) in [6.45, 7) is 5.23. The number of fused-ring (bicyclic) bond motifs is 2. The Morgan fingerprint density at radius 3 is 1.57 bits per heavy atom. The molecule has 6 N–H and O–H groups in total. The zero-order chi connectivity index (χ0) is 22.9. The van der Waals surface area contributed by atoms with Crippen LogP contribution < -0.4 is 11.5 Å². The fourth-order valence-electron chi connectivity index (χ4n) is 3.69. The van der Waals surface area contributed by atoms with Gasteiger partial charge in [-0.25, -0.2) is 9.97 Å². The van der Waals surface area contributed by atoms with Gasteiger partial charge in [0.2, 0.25) is 0 Å². The normalized spacial score (nSPS) is 12.1. The van der Waals surface area contributed by atoms with Crippen molar-refractivity contribution in [2.45, 2.75) is 13.8 Å². The Balaban J connectivity index is 0.00000171. The number of aromatic amines is 2. The number of hydrogen-bond acceptors (Lipinski definition) is 5. The molecule has 182 valence electrons. The number of aromatic nitrogens is 4. The van der Waals surface area contributed by atoms with E-state index in [0.29, 0.717) is 24.8 Å². The number of aliphatic imine (C=N–C) groups is 2. The van der Waals surface area contributed by atoms with Gasteiger partial charge in [-0.2, -0.15) is 0 Å². The number of hydrogen-bond donors (Lipinski definition) is 4. The van der Waals surface area contributed by atoms with Gasteiger partial charge in [-0.3, -0.25) is 9.98 Å². The molecule has 0 atom stereocenters. The Bertz CT molecular complexity index is 1420. The first kappa shape index (κ1) is 26.2. The largest absolute Gasteiger partial charge is 0.384 e. The zero-order valence-corrected chi connectivity index (χ0v) is 21.7. The van der Waals surface area contributed by atoms with Crippen LogP contribution in [0, 0.1) is 0 Å². The summed E-state index contributed by atoms with van der Waals surface area (Å²) in [4.78, 5) is 26.9. The highest BCUT2D eigenvalue weighted by Gasteiger charge is 2.13. The quantitative estimate of drug-likeness (QED) is 0.179. The standard InChI is InChI=1S/C24H24N8S.2ClH/c1-3-27-21(25)13-5-7-15-17(11-13)31-23(29-15)19-9-10-20(33-19)24-30-16-8-6-14(12-18(16)32-24)22(26)28-4-2;;/h5-12H,3-4H2,1-2H3,(H2,25,27)(H2,26,28)(H,29,31)(H,30,32);2*1H. The van der Waals surface area contributed by atoms with E-state index in [-0.39, 0.29) is 24.8 Å². The summed E-state index contributed by atoms with van der Waals surface area (Å²) in [6, 6.07) is 15.9. The maximum Gasteiger partial charge on any atom is 0.148 e. The van der Waals surface area contributed by atoms with Gasteiger partial charge in [0.15, 0.2) is 0 Å². The minimum Gasteiger partial charge on any atom is -0.384 e. The maximum atomic E-state index is 6.05. The van der Waals surface area contributed by atoms with Crippen LogP contribution in [0.15, 0.2) is 58.5 Å². The van der Waals surface area contributed by atoms with Crippen molar-refractivity contribution < 1.29 is 0 Å². The van der Waals surface area contributed by atoms with Gasteiger partial charge in [-0.15, -0.1) is 36.2 Å². The summed E-state index contributed by atoms with van der Waals surface area (Å²) in [5.74, 6) is 2.69. The molecule has 5 aromatic rings. The molecule has 0 saturated carbocycles. The second-order valence-electron chi connectivity index (χ2n) is 7.52. The van der Waals surface area contributed by atoms with Crippen molar-refractivity contribution in [3.8, 4) is 21.4 Å². The van der Waals surface area contributed by atoms with Crippen molar-refractivity contribution in [1.29, 1.82) is 0 Å². The lowest BCUT2D eigenvalue weighted by Crippen LogP contribution is -2.13. The van der Waals surface area contributed by atoms with E-state index >= 15 is 0 Å². The number of halogens is 2. The van der Waals surface area contributed by atoms with E-state index in [1.165, 1.54) is 0 Å². The molecule has 3 aromatic heterocycles. The Kier molecular flexibility index (Phi) is 8.16. The molecule has 0 aliphatic heterocycles. The van der Waals surface area contributed by atoms with Crippen LogP contribution in [0.5, 0.6) is 0 Å². The van der Waals surface area contributed by atoms with Crippen molar-refractivity contribution in [2.75, 3.05) is 13.1 Å². The molecule has 0 bridgehead atoms. The number of nitrogens with zero attached hydrogens (tertiary/aromatic N) is 4. The van der Waals surface area contributed by atoms with Crippen LogP contribution >= 0.6 is 36.2 Å². The van der Waals surface area contributed by atoms with Crippen molar-refractivity contribution in [3.63, 3.8) is 0 Å². The van der Waals surface area contributed by atoms with Crippen molar-refractivity contribution in [1.82, 2.24) is 19.9 Å². The number of thiophene rings is 1. The molecule has 0 aliphatic rings. The summed E-state index contributed by atoms with van der Waals surface area (Å²) >= 11 is 1.62. The summed E-state index contributed by atoms with van der Waals surface area (Å²) in [6.07, 6.45) is 0. The van der Waals surface area contributed by atoms with Gasteiger partial charge >= 0.3 is 0 Å². The second-order valence-corrected chi connectivity index (χ2v) is 8.60. The summed E-state index contributed by atoms with van der Waals surface area (Å²) in [7, 11) is 0. The van der Waals surface area contributed by atoms with Gasteiger partial charge in [0, 0.05) is 24.2 Å². The topological polar surface area (TPSA) is 134 Å².